The Morgan fingerprint density at radius 2 is 1.71 bits per heavy atom. The van der Waals surface area contributed by atoms with Crippen LogP contribution in [0.5, 0.6) is 0 Å². The van der Waals surface area contributed by atoms with Gasteiger partial charge < -0.3 is 4.84 Å². The highest BCUT2D eigenvalue weighted by molar-refractivity contribution is 7.97. The van der Waals surface area contributed by atoms with Crippen LogP contribution in [0.1, 0.15) is 31.4 Å². The largest absolute Gasteiger partial charge is 0.399 e. The van der Waals surface area contributed by atoms with Crippen LogP contribution in [0.4, 0.5) is 0 Å². The Labute approximate surface area is 109 Å². The van der Waals surface area contributed by atoms with Gasteiger partial charge in [-0.05, 0) is 30.9 Å². The molecule has 1 aromatic rings. The maximum atomic E-state index is 4.77. The molecule has 2 rings (SSSR count). The molecule has 0 aliphatic heterocycles. The summed E-state index contributed by atoms with van der Waals surface area (Å²) in [7, 11) is 1.59. The Morgan fingerprint density at radius 3 is 2.29 bits per heavy atom. The second kappa shape index (κ2) is 10.2. The van der Waals surface area contributed by atoms with Gasteiger partial charge in [0.2, 0.25) is 0 Å². The molecule has 1 aliphatic rings. The topological polar surface area (TPSA) is 21.6 Å². The van der Waals surface area contributed by atoms with Crippen molar-refractivity contribution < 1.29 is 4.84 Å². The number of aryl methyl sites for hydroxylation is 1. The van der Waals surface area contributed by atoms with E-state index in [2.05, 4.69) is 23.4 Å². The lowest BCUT2D eigenvalue weighted by molar-refractivity contribution is 0.213. The Bertz CT molecular complexity index is 337. The first-order chi connectivity index (χ1) is 8.33. The fraction of sp³-hybridized carbons (Fsp3) is 0.500. The van der Waals surface area contributed by atoms with Crippen LogP contribution in [0.2, 0.25) is 0 Å². The zero-order chi connectivity index (χ0) is 13.1. The van der Waals surface area contributed by atoms with E-state index in [9.17, 15) is 0 Å². The Balaban J connectivity index is 0.000000450. The first kappa shape index (κ1) is 16.0. The average Bonchev–Trinajstić information content (AvgIpc) is 2.77. The Hall–Kier alpha value is -0.960. The number of benzene rings is 1. The van der Waals surface area contributed by atoms with Gasteiger partial charge in [0.05, 0.1) is 5.71 Å². The summed E-state index contributed by atoms with van der Waals surface area (Å²) in [6.07, 6.45) is 6.19. The van der Waals surface area contributed by atoms with Crippen molar-refractivity contribution in [2.24, 2.45) is 5.16 Å². The molecule has 1 aromatic carbocycles. The van der Waals surface area contributed by atoms with Gasteiger partial charge in [0.1, 0.15) is 7.11 Å². The summed E-state index contributed by atoms with van der Waals surface area (Å²) in [6.45, 7) is 4.00. The minimum atomic E-state index is 1.01. The molecule has 0 aromatic heterocycles. The predicted molar refractivity (Wildman–Crippen MR) is 79.1 cm³/mol. The zero-order valence-corrected chi connectivity index (χ0v) is 12.3. The van der Waals surface area contributed by atoms with Gasteiger partial charge in [0.25, 0.3) is 0 Å². The molecule has 0 saturated carbocycles. The van der Waals surface area contributed by atoms with E-state index in [1.165, 1.54) is 11.1 Å². The lowest BCUT2D eigenvalue weighted by atomic mass is 10.1. The maximum absolute atomic E-state index is 4.77. The number of rotatable bonds is 1. The highest BCUT2D eigenvalue weighted by atomic mass is 32.2. The fourth-order valence-electron chi connectivity index (χ4n) is 1.61. The summed E-state index contributed by atoms with van der Waals surface area (Å²) in [5.41, 5.74) is 3.71. The SMILES string of the molecule is CC.CON=C1CCc2ccccc21.CSC. The van der Waals surface area contributed by atoms with Crippen molar-refractivity contribution in [3.63, 3.8) is 0 Å². The maximum Gasteiger partial charge on any atom is 0.106 e. The first-order valence-corrected chi connectivity index (χ1v) is 7.55. The molecule has 17 heavy (non-hydrogen) atoms. The van der Waals surface area contributed by atoms with Crippen molar-refractivity contribution in [3.8, 4) is 0 Å². The number of hydrogen-bond acceptors (Lipinski definition) is 3. The summed E-state index contributed by atoms with van der Waals surface area (Å²) in [5.74, 6) is 0. The van der Waals surface area contributed by atoms with Crippen LogP contribution in [-0.2, 0) is 11.3 Å². The van der Waals surface area contributed by atoms with Gasteiger partial charge >= 0.3 is 0 Å². The molecule has 3 heteroatoms. The second-order valence-electron chi connectivity index (χ2n) is 3.29. The zero-order valence-electron chi connectivity index (χ0n) is 11.5. The molecule has 2 nitrogen and oxygen atoms in total. The van der Waals surface area contributed by atoms with Crippen LogP contribution in [-0.4, -0.2) is 25.3 Å². The van der Waals surface area contributed by atoms with Crippen LogP contribution in [0.15, 0.2) is 29.4 Å². The third-order valence-corrected chi connectivity index (χ3v) is 2.16. The minimum Gasteiger partial charge on any atom is -0.399 e. The normalized spacial score (nSPS) is 14.1. The van der Waals surface area contributed by atoms with Gasteiger partial charge in [0, 0.05) is 5.56 Å². The van der Waals surface area contributed by atoms with E-state index < -0.39 is 0 Å². The van der Waals surface area contributed by atoms with E-state index >= 15 is 0 Å². The monoisotopic (exact) mass is 253 g/mol. The first-order valence-electron chi connectivity index (χ1n) is 5.92. The molecule has 0 unspecified atom stereocenters. The van der Waals surface area contributed by atoms with Crippen molar-refractivity contribution in [1.29, 1.82) is 0 Å². The second-order valence-corrected chi connectivity index (χ2v) is 4.10. The summed E-state index contributed by atoms with van der Waals surface area (Å²) in [6, 6.07) is 8.34. The van der Waals surface area contributed by atoms with Crippen molar-refractivity contribution in [2.75, 3.05) is 19.6 Å². The Kier molecular flexibility index (Phi) is 9.63. The van der Waals surface area contributed by atoms with Crippen LogP contribution < -0.4 is 0 Å². The molecule has 0 spiro atoms. The Morgan fingerprint density at radius 1 is 1.12 bits per heavy atom. The summed E-state index contributed by atoms with van der Waals surface area (Å²) in [5, 5.41) is 3.98. The summed E-state index contributed by atoms with van der Waals surface area (Å²) in [4.78, 5) is 4.77. The highest BCUT2D eigenvalue weighted by Crippen LogP contribution is 2.21. The average molecular weight is 253 g/mol. The number of thioether (sulfide) groups is 1. The lowest BCUT2D eigenvalue weighted by Crippen LogP contribution is -1.94. The summed E-state index contributed by atoms with van der Waals surface area (Å²) < 4.78 is 0. The van der Waals surface area contributed by atoms with Crippen molar-refractivity contribution >= 4 is 17.5 Å². The van der Waals surface area contributed by atoms with Crippen molar-refractivity contribution in [2.45, 2.75) is 26.7 Å². The van der Waals surface area contributed by atoms with Gasteiger partial charge in [-0.15, -0.1) is 0 Å². The van der Waals surface area contributed by atoms with Gasteiger partial charge in [-0.25, -0.2) is 0 Å². The predicted octanol–water partition coefficient (Wildman–Crippen LogP) is 3.99. The number of hydrogen-bond donors (Lipinski definition) is 0. The molecule has 0 radical (unpaired) electrons. The quantitative estimate of drug-likeness (QED) is 0.706. The van der Waals surface area contributed by atoms with E-state index in [0.717, 1.165) is 18.6 Å². The smallest absolute Gasteiger partial charge is 0.106 e. The molecular formula is C14H23NOS. The van der Waals surface area contributed by atoms with Gasteiger partial charge in [0.15, 0.2) is 0 Å². The number of fused-ring (bicyclic) bond motifs is 1. The van der Waals surface area contributed by atoms with Gasteiger partial charge in [-0.3, -0.25) is 0 Å². The third-order valence-electron chi connectivity index (χ3n) is 2.16. The molecular weight excluding hydrogens is 230 g/mol. The highest BCUT2D eigenvalue weighted by Gasteiger charge is 2.16. The van der Waals surface area contributed by atoms with E-state index in [1.54, 1.807) is 18.9 Å². The standard InChI is InChI=1S/C10H11NO.C2H6S.C2H6/c1-12-11-10-7-6-8-4-2-3-5-9(8)10;1-3-2;1-2/h2-5H,6-7H2,1H3;1-2H3;1-2H3. The molecule has 96 valence electrons. The van der Waals surface area contributed by atoms with Crippen LogP contribution in [0.3, 0.4) is 0 Å². The third kappa shape index (κ3) is 5.26. The number of nitrogens with zero attached hydrogens (tertiary/aromatic N) is 1. The summed E-state index contributed by atoms with van der Waals surface area (Å²) >= 11 is 1.75. The van der Waals surface area contributed by atoms with Crippen LogP contribution in [0.25, 0.3) is 0 Å². The van der Waals surface area contributed by atoms with E-state index in [1.807, 2.05) is 32.4 Å². The molecule has 0 heterocycles. The van der Waals surface area contributed by atoms with Crippen LogP contribution >= 0.6 is 11.8 Å². The van der Waals surface area contributed by atoms with Crippen molar-refractivity contribution in [3.05, 3.63) is 35.4 Å². The van der Waals surface area contributed by atoms with E-state index in [-0.39, 0.29) is 0 Å². The van der Waals surface area contributed by atoms with Crippen LogP contribution in [0, 0.1) is 0 Å². The molecule has 0 N–H and O–H groups in total. The fourth-order valence-corrected chi connectivity index (χ4v) is 1.61. The van der Waals surface area contributed by atoms with E-state index in [0.29, 0.717) is 0 Å². The van der Waals surface area contributed by atoms with E-state index in [4.69, 9.17) is 4.84 Å². The molecule has 0 saturated heterocycles. The molecule has 1 aliphatic carbocycles. The van der Waals surface area contributed by atoms with Gasteiger partial charge in [-0.1, -0.05) is 43.3 Å². The van der Waals surface area contributed by atoms with Gasteiger partial charge in [-0.2, -0.15) is 11.8 Å². The number of oxime groups is 1. The molecule has 0 fully saturated rings. The van der Waals surface area contributed by atoms with Crippen molar-refractivity contribution in [1.82, 2.24) is 0 Å². The molecule has 0 atom stereocenters. The minimum absolute atomic E-state index is 1.01. The lowest BCUT2D eigenvalue weighted by Gasteiger charge is -1.97. The molecule has 0 amide bonds. The molecule has 0 bridgehead atoms.